The molecule has 0 bridgehead atoms. The first-order valence-electron chi connectivity index (χ1n) is 8.46. The van der Waals surface area contributed by atoms with Crippen molar-refractivity contribution in [1.82, 2.24) is 19.7 Å². The summed E-state index contributed by atoms with van der Waals surface area (Å²) in [4.78, 5) is 2.58. The Hall–Kier alpha value is -0.940. The van der Waals surface area contributed by atoms with Gasteiger partial charge in [0, 0.05) is 31.5 Å². The molecule has 118 valence electrons. The first-order valence-corrected chi connectivity index (χ1v) is 8.46. The zero-order chi connectivity index (χ0) is 14.8. The molecule has 1 N–H and O–H groups in total. The van der Waals surface area contributed by atoms with Crippen molar-refractivity contribution in [3.8, 4) is 0 Å². The van der Waals surface area contributed by atoms with E-state index in [9.17, 15) is 5.11 Å². The number of likely N-dealkylation sites (tertiary alicyclic amines) is 1. The minimum absolute atomic E-state index is 0.193. The number of nitrogens with zero attached hydrogens (tertiary/aromatic N) is 4. The van der Waals surface area contributed by atoms with Crippen molar-refractivity contribution in [3.63, 3.8) is 0 Å². The van der Waals surface area contributed by atoms with E-state index in [1.54, 1.807) is 0 Å². The van der Waals surface area contributed by atoms with E-state index >= 15 is 0 Å². The van der Waals surface area contributed by atoms with Gasteiger partial charge in [0.2, 0.25) is 0 Å². The summed E-state index contributed by atoms with van der Waals surface area (Å²) in [5.74, 6) is 3.04. The lowest BCUT2D eigenvalue weighted by Crippen LogP contribution is -2.40. The number of hydrogen-bond donors (Lipinski definition) is 1. The van der Waals surface area contributed by atoms with E-state index in [1.165, 1.54) is 25.9 Å². The van der Waals surface area contributed by atoms with Gasteiger partial charge in [-0.1, -0.05) is 0 Å². The molecular formula is C16H28N4O. The van der Waals surface area contributed by atoms with Gasteiger partial charge in [0.15, 0.2) is 0 Å². The lowest BCUT2D eigenvalue weighted by atomic mass is 9.93. The summed E-state index contributed by atoms with van der Waals surface area (Å²) < 4.78 is 2.28. The summed E-state index contributed by atoms with van der Waals surface area (Å²) in [6.07, 6.45) is 5.80. The summed E-state index contributed by atoms with van der Waals surface area (Å²) in [5.41, 5.74) is 0. The predicted molar refractivity (Wildman–Crippen MR) is 82.2 cm³/mol. The normalized spacial score (nSPS) is 27.0. The molecule has 3 heterocycles. The van der Waals surface area contributed by atoms with Crippen molar-refractivity contribution in [3.05, 3.63) is 11.6 Å². The molecule has 2 atom stereocenters. The molecule has 5 heteroatoms. The summed E-state index contributed by atoms with van der Waals surface area (Å²) in [6.45, 7) is 8.21. The van der Waals surface area contributed by atoms with Crippen molar-refractivity contribution in [2.75, 3.05) is 19.7 Å². The van der Waals surface area contributed by atoms with Crippen LogP contribution < -0.4 is 0 Å². The molecule has 0 amide bonds. The maximum Gasteiger partial charge on any atom is 0.138 e. The van der Waals surface area contributed by atoms with E-state index in [0.717, 1.165) is 37.5 Å². The lowest BCUT2D eigenvalue weighted by Gasteiger charge is -2.35. The van der Waals surface area contributed by atoms with Crippen molar-refractivity contribution < 1.29 is 5.11 Å². The van der Waals surface area contributed by atoms with Gasteiger partial charge in [-0.15, -0.1) is 10.2 Å². The molecule has 0 saturated carbocycles. The third kappa shape index (κ3) is 3.14. The number of aliphatic hydroxyl groups is 1. The summed E-state index contributed by atoms with van der Waals surface area (Å²) >= 11 is 0. The molecule has 0 aromatic carbocycles. The Morgan fingerprint density at radius 1 is 1.19 bits per heavy atom. The molecule has 1 saturated heterocycles. The summed E-state index contributed by atoms with van der Waals surface area (Å²) in [5, 5.41) is 18.3. The molecule has 2 aliphatic heterocycles. The second-order valence-corrected chi connectivity index (χ2v) is 6.95. The molecule has 0 aliphatic carbocycles. The van der Waals surface area contributed by atoms with Gasteiger partial charge in [0.1, 0.15) is 11.6 Å². The van der Waals surface area contributed by atoms with E-state index in [4.69, 9.17) is 0 Å². The summed E-state index contributed by atoms with van der Waals surface area (Å²) in [6, 6.07) is 0.638. The number of aromatic nitrogens is 3. The number of rotatable bonds is 4. The highest BCUT2D eigenvalue weighted by atomic mass is 16.3. The van der Waals surface area contributed by atoms with E-state index in [1.807, 2.05) is 0 Å². The standard InChI is InChI=1S/C16H28N4O/c1-12(2)19-7-3-5-13(10-19)9-15-17-18-16-14(11-21)6-4-8-20(15)16/h12-14,21H,3-11H2,1-2H3. The summed E-state index contributed by atoms with van der Waals surface area (Å²) in [7, 11) is 0. The first kappa shape index (κ1) is 15.0. The number of aliphatic hydroxyl groups excluding tert-OH is 1. The molecule has 2 aliphatic rings. The number of piperidine rings is 1. The van der Waals surface area contributed by atoms with Crippen molar-refractivity contribution in [2.24, 2.45) is 5.92 Å². The van der Waals surface area contributed by atoms with Crippen LogP contribution in [0.5, 0.6) is 0 Å². The van der Waals surface area contributed by atoms with Crippen LogP contribution in [0.4, 0.5) is 0 Å². The largest absolute Gasteiger partial charge is 0.396 e. The molecule has 5 nitrogen and oxygen atoms in total. The monoisotopic (exact) mass is 292 g/mol. The van der Waals surface area contributed by atoms with Crippen LogP contribution in [0, 0.1) is 5.92 Å². The Kier molecular flexibility index (Phi) is 4.60. The zero-order valence-electron chi connectivity index (χ0n) is 13.3. The smallest absolute Gasteiger partial charge is 0.138 e. The maximum atomic E-state index is 9.48. The Balaban J connectivity index is 1.69. The van der Waals surface area contributed by atoms with Crippen LogP contribution in [0.25, 0.3) is 0 Å². The molecule has 0 radical (unpaired) electrons. The van der Waals surface area contributed by atoms with E-state index in [-0.39, 0.29) is 12.5 Å². The van der Waals surface area contributed by atoms with Gasteiger partial charge in [0.25, 0.3) is 0 Å². The van der Waals surface area contributed by atoms with E-state index in [2.05, 4.69) is 33.5 Å². The van der Waals surface area contributed by atoms with Crippen LogP contribution in [-0.4, -0.2) is 50.5 Å². The molecule has 1 aromatic heterocycles. The highest BCUT2D eigenvalue weighted by Gasteiger charge is 2.27. The fourth-order valence-electron chi connectivity index (χ4n) is 3.83. The van der Waals surface area contributed by atoms with Crippen LogP contribution in [0.1, 0.15) is 57.1 Å². The van der Waals surface area contributed by atoms with Gasteiger partial charge in [-0.3, -0.25) is 0 Å². The fraction of sp³-hybridized carbons (Fsp3) is 0.875. The topological polar surface area (TPSA) is 54.2 Å². The van der Waals surface area contributed by atoms with E-state index < -0.39 is 0 Å². The quantitative estimate of drug-likeness (QED) is 0.919. The Morgan fingerprint density at radius 3 is 2.76 bits per heavy atom. The SMILES string of the molecule is CC(C)N1CCCC(Cc2nnc3n2CCCC3CO)C1. The van der Waals surface area contributed by atoms with Gasteiger partial charge in [0.05, 0.1) is 6.61 Å². The second kappa shape index (κ2) is 6.44. The minimum atomic E-state index is 0.193. The van der Waals surface area contributed by atoms with Gasteiger partial charge >= 0.3 is 0 Å². The van der Waals surface area contributed by atoms with Crippen molar-refractivity contribution in [2.45, 2.75) is 64.5 Å². The van der Waals surface area contributed by atoms with Crippen LogP contribution in [-0.2, 0) is 13.0 Å². The Bertz CT molecular complexity index is 471. The Morgan fingerprint density at radius 2 is 2.00 bits per heavy atom. The predicted octanol–water partition coefficient (Wildman–Crippen LogP) is 1.81. The number of hydrogen-bond acceptors (Lipinski definition) is 4. The molecular weight excluding hydrogens is 264 g/mol. The van der Waals surface area contributed by atoms with Crippen LogP contribution in [0.2, 0.25) is 0 Å². The lowest BCUT2D eigenvalue weighted by molar-refractivity contribution is 0.138. The maximum absolute atomic E-state index is 9.48. The third-order valence-electron chi connectivity index (χ3n) is 5.13. The van der Waals surface area contributed by atoms with Crippen molar-refractivity contribution in [1.29, 1.82) is 0 Å². The van der Waals surface area contributed by atoms with Crippen LogP contribution in [0.15, 0.2) is 0 Å². The first-order chi connectivity index (χ1) is 10.2. The highest BCUT2D eigenvalue weighted by molar-refractivity contribution is 5.06. The fourth-order valence-corrected chi connectivity index (χ4v) is 3.83. The molecule has 0 spiro atoms. The molecule has 1 aromatic rings. The van der Waals surface area contributed by atoms with Crippen LogP contribution in [0.3, 0.4) is 0 Å². The second-order valence-electron chi connectivity index (χ2n) is 6.95. The third-order valence-corrected chi connectivity index (χ3v) is 5.13. The van der Waals surface area contributed by atoms with Gasteiger partial charge < -0.3 is 14.6 Å². The van der Waals surface area contributed by atoms with Gasteiger partial charge in [-0.05, 0) is 52.0 Å². The van der Waals surface area contributed by atoms with Gasteiger partial charge in [-0.2, -0.15) is 0 Å². The minimum Gasteiger partial charge on any atom is -0.396 e. The average molecular weight is 292 g/mol. The molecule has 3 rings (SSSR count). The van der Waals surface area contributed by atoms with E-state index in [0.29, 0.717) is 12.0 Å². The van der Waals surface area contributed by atoms with Crippen molar-refractivity contribution >= 4 is 0 Å². The number of fused-ring (bicyclic) bond motifs is 1. The Labute approximate surface area is 127 Å². The zero-order valence-corrected chi connectivity index (χ0v) is 13.3. The highest BCUT2D eigenvalue weighted by Crippen LogP contribution is 2.28. The molecule has 2 unspecified atom stereocenters. The molecule has 21 heavy (non-hydrogen) atoms. The molecule has 1 fully saturated rings. The average Bonchev–Trinajstić information content (AvgIpc) is 2.90. The van der Waals surface area contributed by atoms with Gasteiger partial charge in [-0.25, -0.2) is 0 Å². The van der Waals surface area contributed by atoms with Crippen LogP contribution >= 0.6 is 0 Å².